The molecule has 18 heavy (non-hydrogen) atoms. The highest BCUT2D eigenvalue weighted by molar-refractivity contribution is 9.10. The fourth-order valence-corrected chi connectivity index (χ4v) is 2.75. The third kappa shape index (κ3) is 3.37. The molecule has 0 aromatic carbocycles. The van der Waals surface area contributed by atoms with Crippen LogP contribution in [-0.4, -0.2) is 34.5 Å². The number of carbonyl (C=O) groups is 1. The van der Waals surface area contributed by atoms with Gasteiger partial charge in [-0.15, -0.1) is 11.3 Å². The molecule has 2 heterocycles. The van der Waals surface area contributed by atoms with E-state index in [0.29, 0.717) is 18.3 Å². The lowest BCUT2D eigenvalue weighted by molar-refractivity contribution is -0.119. The Morgan fingerprint density at radius 2 is 2.44 bits per heavy atom. The van der Waals surface area contributed by atoms with Crippen LogP contribution in [0.1, 0.15) is 5.89 Å². The summed E-state index contributed by atoms with van der Waals surface area (Å²) in [6.07, 6.45) is 0. The number of primary amides is 1. The number of halogens is 1. The van der Waals surface area contributed by atoms with Gasteiger partial charge in [-0.05, 0) is 29.0 Å². The SMILES string of the molecule is CN(CC(N)=O)Cc1nc(-c2cc(Br)cs2)no1. The van der Waals surface area contributed by atoms with Crippen molar-refractivity contribution in [3.8, 4) is 10.7 Å². The van der Waals surface area contributed by atoms with Crippen LogP contribution in [0.25, 0.3) is 10.7 Å². The second-order valence-electron chi connectivity index (χ2n) is 3.78. The molecule has 0 saturated carbocycles. The van der Waals surface area contributed by atoms with Crippen molar-refractivity contribution in [2.45, 2.75) is 6.54 Å². The zero-order chi connectivity index (χ0) is 13.1. The lowest BCUT2D eigenvalue weighted by Gasteiger charge is -2.10. The van der Waals surface area contributed by atoms with Gasteiger partial charge >= 0.3 is 0 Å². The fourth-order valence-electron chi connectivity index (χ4n) is 1.40. The van der Waals surface area contributed by atoms with E-state index in [2.05, 4.69) is 26.1 Å². The van der Waals surface area contributed by atoms with Gasteiger partial charge < -0.3 is 10.3 Å². The summed E-state index contributed by atoms with van der Waals surface area (Å²) in [6, 6.07) is 1.92. The molecule has 0 fully saturated rings. The number of hydrogen-bond acceptors (Lipinski definition) is 6. The second-order valence-corrected chi connectivity index (χ2v) is 5.61. The van der Waals surface area contributed by atoms with Gasteiger partial charge in [-0.25, -0.2) is 0 Å². The molecule has 0 unspecified atom stereocenters. The zero-order valence-corrected chi connectivity index (χ0v) is 12.0. The average molecular weight is 331 g/mol. The number of likely N-dealkylation sites (N-methyl/N-ethyl adjacent to an activating group) is 1. The van der Waals surface area contributed by atoms with Crippen molar-refractivity contribution in [3.63, 3.8) is 0 Å². The predicted molar refractivity (Wildman–Crippen MR) is 70.8 cm³/mol. The van der Waals surface area contributed by atoms with E-state index in [9.17, 15) is 4.79 Å². The molecular formula is C10H11BrN4O2S. The molecule has 96 valence electrons. The summed E-state index contributed by atoms with van der Waals surface area (Å²) in [5, 5.41) is 5.84. The average Bonchev–Trinajstić information content (AvgIpc) is 2.85. The van der Waals surface area contributed by atoms with Crippen LogP contribution in [0.15, 0.2) is 20.4 Å². The first-order valence-electron chi connectivity index (χ1n) is 5.08. The molecule has 0 aliphatic carbocycles. The molecule has 0 bridgehead atoms. The topological polar surface area (TPSA) is 85.2 Å². The minimum atomic E-state index is -0.389. The quantitative estimate of drug-likeness (QED) is 0.897. The molecule has 1 amide bonds. The zero-order valence-electron chi connectivity index (χ0n) is 9.59. The number of hydrogen-bond donors (Lipinski definition) is 1. The third-order valence-corrected chi connectivity index (χ3v) is 3.77. The van der Waals surface area contributed by atoms with Crippen LogP contribution >= 0.6 is 27.3 Å². The Balaban J connectivity index is 2.04. The van der Waals surface area contributed by atoms with E-state index >= 15 is 0 Å². The normalized spacial score (nSPS) is 11.1. The minimum absolute atomic E-state index is 0.155. The first-order chi connectivity index (χ1) is 8.54. The lowest BCUT2D eigenvalue weighted by Crippen LogP contribution is -2.30. The van der Waals surface area contributed by atoms with Gasteiger partial charge in [0.25, 0.3) is 0 Å². The van der Waals surface area contributed by atoms with Gasteiger partial charge in [0.1, 0.15) is 0 Å². The van der Waals surface area contributed by atoms with E-state index < -0.39 is 0 Å². The molecule has 0 aliphatic heterocycles. The van der Waals surface area contributed by atoms with Crippen LogP contribution in [0.3, 0.4) is 0 Å². The molecule has 0 radical (unpaired) electrons. The van der Waals surface area contributed by atoms with E-state index in [0.717, 1.165) is 9.35 Å². The van der Waals surface area contributed by atoms with Crippen LogP contribution in [0.4, 0.5) is 0 Å². The van der Waals surface area contributed by atoms with E-state index in [-0.39, 0.29) is 12.5 Å². The van der Waals surface area contributed by atoms with Crippen LogP contribution in [-0.2, 0) is 11.3 Å². The Morgan fingerprint density at radius 3 is 3.06 bits per heavy atom. The van der Waals surface area contributed by atoms with Crippen molar-refractivity contribution in [1.82, 2.24) is 15.0 Å². The van der Waals surface area contributed by atoms with Crippen molar-refractivity contribution in [3.05, 3.63) is 21.8 Å². The first kappa shape index (κ1) is 13.2. The largest absolute Gasteiger partial charge is 0.369 e. The Bertz CT molecular complexity index is 554. The molecule has 6 nitrogen and oxygen atoms in total. The smallest absolute Gasteiger partial charge is 0.241 e. The van der Waals surface area contributed by atoms with Crippen LogP contribution < -0.4 is 5.73 Å². The van der Waals surface area contributed by atoms with Crippen molar-refractivity contribution in [2.24, 2.45) is 5.73 Å². The highest BCUT2D eigenvalue weighted by Crippen LogP contribution is 2.27. The van der Waals surface area contributed by atoms with E-state index in [1.165, 1.54) is 11.3 Å². The molecule has 2 rings (SSSR count). The van der Waals surface area contributed by atoms with Gasteiger partial charge in [-0.3, -0.25) is 9.69 Å². The Kier molecular flexibility index (Phi) is 4.10. The van der Waals surface area contributed by atoms with Gasteiger partial charge in [0.15, 0.2) is 0 Å². The number of carbonyl (C=O) groups excluding carboxylic acids is 1. The number of nitrogens with zero attached hydrogens (tertiary/aromatic N) is 3. The molecular weight excluding hydrogens is 320 g/mol. The van der Waals surface area contributed by atoms with Crippen molar-refractivity contribution >= 4 is 33.2 Å². The van der Waals surface area contributed by atoms with Crippen molar-refractivity contribution < 1.29 is 9.32 Å². The molecule has 2 aromatic heterocycles. The molecule has 0 spiro atoms. The van der Waals surface area contributed by atoms with Crippen LogP contribution in [0, 0.1) is 0 Å². The summed E-state index contributed by atoms with van der Waals surface area (Å²) in [6.45, 7) is 0.546. The summed E-state index contributed by atoms with van der Waals surface area (Å²) in [7, 11) is 1.76. The molecule has 0 atom stereocenters. The lowest BCUT2D eigenvalue weighted by atomic mass is 10.4. The Hall–Kier alpha value is -1.25. The standard InChI is InChI=1S/C10H11BrN4O2S/c1-15(3-8(12)16)4-9-13-10(14-17-9)7-2-6(11)5-18-7/h2,5H,3-4H2,1H3,(H2,12,16). The van der Waals surface area contributed by atoms with Crippen molar-refractivity contribution in [2.75, 3.05) is 13.6 Å². The number of aromatic nitrogens is 2. The number of rotatable bonds is 5. The third-order valence-electron chi connectivity index (χ3n) is 2.09. The Morgan fingerprint density at radius 1 is 1.67 bits per heavy atom. The van der Waals surface area contributed by atoms with Crippen LogP contribution in [0.2, 0.25) is 0 Å². The summed E-state index contributed by atoms with van der Waals surface area (Å²) in [5.74, 6) is 0.617. The van der Waals surface area contributed by atoms with Gasteiger partial charge in [0, 0.05) is 9.85 Å². The highest BCUT2D eigenvalue weighted by Gasteiger charge is 2.13. The minimum Gasteiger partial charge on any atom is -0.369 e. The van der Waals surface area contributed by atoms with E-state index in [1.54, 1.807) is 11.9 Å². The number of thiophene rings is 1. The molecule has 2 aromatic rings. The van der Waals surface area contributed by atoms with E-state index in [4.69, 9.17) is 10.3 Å². The molecule has 8 heteroatoms. The molecule has 0 saturated heterocycles. The Labute approximate surface area is 116 Å². The maximum Gasteiger partial charge on any atom is 0.241 e. The summed E-state index contributed by atoms with van der Waals surface area (Å²) in [4.78, 5) is 17.6. The highest BCUT2D eigenvalue weighted by atomic mass is 79.9. The van der Waals surface area contributed by atoms with Gasteiger partial charge in [-0.2, -0.15) is 4.98 Å². The monoisotopic (exact) mass is 330 g/mol. The number of amides is 1. The summed E-state index contributed by atoms with van der Waals surface area (Å²) >= 11 is 4.89. The van der Waals surface area contributed by atoms with Crippen molar-refractivity contribution in [1.29, 1.82) is 0 Å². The van der Waals surface area contributed by atoms with E-state index in [1.807, 2.05) is 11.4 Å². The number of nitrogens with two attached hydrogens (primary N) is 1. The molecule has 2 N–H and O–H groups in total. The maximum absolute atomic E-state index is 10.7. The summed E-state index contributed by atoms with van der Waals surface area (Å²) in [5.41, 5.74) is 5.10. The fraction of sp³-hybridized carbons (Fsp3) is 0.300. The van der Waals surface area contributed by atoms with Gasteiger partial charge in [-0.1, -0.05) is 5.16 Å². The summed E-state index contributed by atoms with van der Waals surface area (Å²) < 4.78 is 6.10. The van der Waals surface area contributed by atoms with Gasteiger partial charge in [0.05, 0.1) is 18.0 Å². The molecule has 0 aliphatic rings. The van der Waals surface area contributed by atoms with Crippen LogP contribution in [0.5, 0.6) is 0 Å². The maximum atomic E-state index is 10.7. The predicted octanol–water partition coefficient (Wildman–Crippen LogP) is 1.48. The van der Waals surface area contributed by atoms with Gasteiger partial charge in [0.2, 0.25) is 17.6 Å². The first-order valence-corrected chi connectivity index (χ1v) is 6.75. The second kappa shape index (κ2) is 5.59.